The summed E-state index contributed by atoms with van der Waals surface area (Å²) in [6, 6.07) is 0.514. The quantitative estimate of drug-likeness (QED) is 0.662. The van der Waals surface area contributed by atoms with Gasteiger partial charge in [0.15, 0.2) is 0 Å². The van der Waals surface area contributed by atoms with Crippen LogP contribution in [0.4, 0.5) is 0 Å². The predicted octanol–water partition coefficient (Wildman–Crippen LogP) is 2.24. The summed E-state index contributed by atoms with van der Waals surface area (Å²) in [5.74, 6) is 0. The van der Waals surface area contributed by atoms with E-state index in [0.29, 0.717) is 6.04 Å². The fourth-order valence-corrected chi connectivity index (χ4v) is 1.98. The smallest absolute Gasteiger partial charge is 0.0448 e. The zero-order valence-electron chi connectivity index (χ0n) is 9.42. The minimum atomic E-state index is 0.0983. The Morgan fingerprint density at radius 3 is 2.86 bits per heavy atom. The van der Waals surface area contributed by atoms with Gasteiger partial charge in [-0.3, -0.25) is 0 Å². The van der Waals surface area contributed by atoms with Crippen molar-refractivity contribution >= 4 is 0 Å². The monoisotopic (exact) mass is 197 g/mol. The fraction of sp³-hybridized carbons (Fsp3) is 0.833. The molecule has 0 saturated carbocycles. The van der Waals surface area contributed by atoms with E-state index in [9.17, 15) is 0 Å². The van der Waals surface area contributed by atoms with Gasteiger partial charge in [0.25, 0.3) is 0 Å². The Bertz CT molecular complexity index is 191. The molecule has 2 unspecified atom stereocenters. The van der Waals surface area contributed by atoms with Gasteiger partial charge in [-0.15, -0.1) is 0 Å². The van der Waals surface area contributed by atoms with Crippen LogP contribution in [-0.2, 0) is 0 Å². The van der Waals surface area contributed by atoms with E-state index in [4.69, 9.17) is 5.11 Å². The van der Waals surface area contributed by atoms with E-state index in [-0.39, 0.29) is 12.1 Å². The average Bonchev–Trinajstić information content (AvgIpc) is 2.20. The van der Waals surface area contributed by atoms with Crippen LogP contribution in [0.1, 0.15) is 46.0 Å². The minimum Gasteiger partial charge on any atom is -0.396 e. The lowest BCUT2D eigenvalue weighted by Crippen LogP contribution is -2.48. The highest BCUT2D eigenvalue weighted by molar-refractivity contribution is 5.00. The van der Waals surface area contributed by atoms with Gasteiger partial charge >= 0.3 is 0 Å². The molecule has 0 aromatic heterocycles. The second-order valence-electron chi connectivity index (χ2n) is 4.50. The van der Waals surface area contributed by atoms with E-state index in [1.807, 2.05) is 0 Å². The standard InChI is InChI=1S/C12H23NO/c1-3-12(2,9-10-14)13-11-7-5-4-6-8-11/h5,7,11,13-14H,3-4,6,8-10H2,1-2H3. The van der Waals surface area contributed by atoms with E-state index in [1.54, 1.807) is 0 Å². The number of hydrogen-bond acceptors (Lipinski definition) is 2. The molecule has 0 heterocycles. The molecule has 0 aromatic carbocycles. The van der Waals surface area contributed by atoms with Crippen LogP contribution in [0.25, 0.3) is 0 Å². The van der Waals surface area contributed by atoms with Crippen LogP contribution in [0.5, 0.6) is 0 Å². The molecule has 2 nitrogen and oxygen atoms in total. The fourth-order valence-electron chi connectivity index (χ4n) is 1.98. The first-order valence-corrected chi connectivity index (χ1v) is 5.75. The maximum absolute atomic E-state index is 9.00. The molecular formula is C12H23NO. The van der Waals surface area contributed by atoms with Gasteiger partial charge in [-0.2, -0.15) is 0 Å². The first-order valence-electron chi connectivity index (χ1n) is 5.75. The lowest BCUT2D eigenvalue weighted by molar-refractivity contribution is 0.205. The molecule has 2 heteroatoms. The highest BCUT2D eigenvalue weighted by Crippen LogP contribution is 2.19. The van der Waals surface area contributed by atoms with Crippen LogP contribution in [0, 0.1) is 0 Å². The van der Waals surface area contributed by atoms with E-state index in [2.05, 4.69) is 31.3 Å². The van der Waals surface area contributed by atoms with E-state index >= 15 is 0 Å². The number of aliphatic hydroxyl groups excluding tert-OH is 1. The third-order valence-electron chi connectivity index (χ3n) is 3.23. The molecule has 0 aromatic rings. The Balaban J connectivity index is 2.45. The molecule has 2 N–H and O–H groups in total. The van der Waals surface area contributed by atoms with Gasteiger partial charge in [-0.25, -0.2) is 0 Å². The number of rotatable bonds is 5. The molecule has 82 valence electrons. The van der Waals surface area contributed by atoms with Crippen LogP contribution in [0.15, 0.2) is 12.2 Å². The number of aliphatic hydroxyl groups is 1. The van der Waals surface area contributed by atoms with Crippen molar-refractivity contribution in [1.29, 1.82) is 0 Å². The average molecular weight is 197 g/mol. The molecule has 2 atom stereocenters. The van der Waals surface area contributed by atoms with Gasteiger partial charge < -0.3 is 10.4 Å². The number of allylic oxidation sites excluding steroid dienone is 1. The molecule has 0 aliphatic heterocycles. The summed E-state index contributed by atoms with van der Waals surface area (Å²) < 4.78 is 0. The Hall–Kier alpha value is -0.340. The Morgan fingerprint density at radius 2 is 2.36 bits per heavy atom. The van der Waals surface area contributed by atoms with Crippen molar-refractivity contribution in [2.45, 2.75) is 57.5 Å². The predicted molar refractivity (Wildman–Crippen MR) is 60.3 cm³/mol. The van der Waals surface area contributed by atoms with Gasteiger partial charge in [0.05, 0.1) is 0 Å². The summed E-state index contributed by atoms with van der Waals surface area (Å²) in [6.07, 6.45) is 10.2. The summed E-state index contributed by atoms with van der Waals surface area (Å²) in [4.78, 5) is 0. The number of nitrogens with one attached hydrogen (secondary N) is 1. The van der Waals surface area contributed by atoms with Crippen LogP contribution in [-0.4, -0.2) is 23.3 Å². The largest absolute Gasteiger partial charge is 0.396 e. The molecule has 0 fully saturated rings. The van der Waals surface area contributed by atoms with Crippen LogP contribution in [0.3, 0.4) is 0 Å². The third-order valence-corrected chi connectivity index (χ3v) is 3.23. The lowest BCUT2D eigenvalue weighted by atomic mass is 9.91. The molecular weight excluding hydrogens is 174 g/mol. The SMILES string of the molecule is CCC(C)(CCO)NC1C=CCCC1. The van der Waals surface area contributed by atoms with Crippen molar-refractivity contribution < 1.29 is 5.11 Å². The van der Waals surface area contributed by atoms with Gasteiger partial charge in [-0.1, -0.05) is 19.1 Å². The number of hydrogen-bond donors (Lipinski definition) is 2. The normalized spacial score (nSPS) is 26.1. The van der Waals surface area contributed by atoms with Gasteiger partial charge in [0.2, 0.25) is 0 Å². The summed E-state index contributed by atoms with van der Waals surface area (Å²) in [5.41, 5.74) is 0.0983. The minimum absolute atomic E-state index is 0.0983. The Morgan fingerprint density at radius 1 is 1.57 bits per heavy atom. The summed E-state index contributed by atoms with van der Waals surface area (Å²) in [7, 11) is 0. The molecule has 0 amide bonds. The molecule has 0 bridgehead atoms. The van der Waals surface area contributed by atoms with Crippen LogP contribution < -0.4 is 5.32 Å². The van der Waals surface area contributed by atoms with E-state index in [1.165, 1.54) is 19.3 Å². The Kier molecular flexibility index (Phi) is 4.63. The highest BCUT2D eigenvalue weighted by atomic mass is 16.3. The van der Waals surface area contributed by atoms with Gasteiger partial charge in [0, 0.05) is 18.2 Å². The first kappa shape index (κ1) is 11.7. The van der Waals surface area contributed by atoms with Crippen LogP contribution in [0.2, 0.25) is 0 Å². The molecule has 14 heavy (non-hydrogen) atoms. The molecule has 1 aliphatic rings. The van der Waals surface area contributed by atoms with Crippen molar-refractivity contribution in [2.75, 3.05) is 6.61 Å². The molecule has 0 radical (unpaired) electrons. The highest BCUT2D eigenvalue weighted by Gasteiger charge is 2.24. The second kappa shape index (κ2) is 5.52. The van der Waals surface area contributed by atoms with Crippen molar-refractivity contribution in [3.63, 3.8) is 0 Å². The van der Waals surface area contributed by atoms with Crippen molar-refractivity contribution in [2.24, 2.45) is 0 Å². The maximum Gasteiger partial charge on any atom is 0.0448 e. The Labute approximate surface area is 87.4 Å². The summed E-state index contributed by atoms with van der Waals surface area (Å²) >= 11 is 0. The van der Waals surface area contributed by atoms with Gasteiger partial charge in [-0.05, 0) is 39.0 Å². The molecule has 0 spiro atoms. The lowest BCUT2D eigenvalue weighted by Gasteiger charge is -2.34. The van der Waals surface area contributed by atoms with Crippen molar-refractivity contribution in [3.8, 4) is 0 Å². The summed E-state index contributed by atoms with van der Waals surface area (Å²) in [5, 5.41) is 12.6. The molecule has 1 rings (SSSR count). The molecule has 0 saturated heterocycles. The second-order valence-corrected chi connectivity index (χ2v) is 4.50. The zero-order valence-corrected chi connectivity index (χ0v) is 9.42. The van der Waals surface area contributed by atoms with Crippen molar-refractivity contribution in [1.82, 2.24) is 5.32 Å². The third kappa shape index (κ3) is 3.43. The molecule has 1 aliphatic carbocycles. The zero-order chi connectivity index (χ0) is 10.4. The van der Waals surface area contributed by atoms with Crippen molar-refractivity contribution in [3.05, 3.63) is 12.2 Å². The van der Waals surface area contributed by atoms with Crippen LogP contribution >= 0.6 is 0 Å². The first-order chi connectivity index (χ1) is 6.70. The van der Waals surface area contributed by atoms with E-state index < -0.39 is 0 Å². The van der Waals surface area contributed by atoms with Gasteiger partial charge in [0.1, 0.15) is 0 Å². The topological polar surface area (TPSA) is 32.3 Å². The van der Waals surface area contributed by atoms with E-state index in [0.717, 1.165) is 12.8 Å². The maximum atomic E-state index is 9.00. The summed E-state index contributed by atoms with van der Waals surface area (Å²) in [6.45, 7) is 4.65.